The monoisotopic (exact) mass is 411 g/mol. The van der Waals surface area contributed by atoms with E-state index in [1.54, 1.807) is 0 Å². The molecule has 0 saturated heterocycles. The zero-order chi connectivity index (χ0) is 22.6. The molecule has 1 unspecified atom stereocenters. The molecule has 0 saturated carbocycles. The lowest BCUT2D eigenvalue weighted by molar-refractivity contribution is 0.590. The number of rotatable bonds is 3. The second-order valence-electron chi connectivity index (χ2n) is 11.2. The Kier molecular flexibility index (Phi) is 5.28. The van der Waals surface area contributed by atoms with Gasteiger partial charge in [0.05, 0.1) is 11.0 Å². The Morgan fingerprint density at radius 2 is 1.13 bits per heavy atom. The van der Waals surface area contributed by atoms with Crippen LogP contribution in [0.15, 0.2) is 60.7 Å². The topological polar surface area (TPSA) is 4.93 Å². The van der Waals surface area contributed by atoms with Crippen molar-refractivity contribution in [3.8, 4) is 5.69 Å². The van der Waals surface area contributed by atoms with E-state index < -0.39 is 0 Å². The molecule has 0 aliphatic rings. The van der Waals surface area contributed by atoms with Crippen LogP contribution >= 0.6 is 0 Å². The van der Waals surface area contributed by atoms with Gasteiger partial charge in [0.1, 0.15) is 0 Å². The van der Waals surface area contributed by atoms with E-state index >= 15 is 0 Å². The highest BCUT2D eigenvalue weighted by molar-refractivity contribution is 6.09. The smallest absolute Gasteiger partial charge is 0.0541 e. The molecule has 1 atom stereocenters. The van der Waals surface area contributed by atoms with Gasteiger partial charge in [-0.05, 0) is 76.3 Å². The summed E-state index contributed by atoms with van der Waals surface area (Å²) in [5.41, 5.74) is 8.23. The standard InChI is InChI=1S/C30H37N/c1-9-20(2)21-10-14-24(15-11-21)31-27-16-12-22(29(3,4)5)18-25(27)26-19-23(30(6,7)8)13-17-28(26)31/h10-20H,9H2,1-8H3. The third-order valence-electron chi connectivity index (χ3n) is 6.83. The number of hydrogen-bond donors (Lipinski definition) is 0. The first-order valence-electron chi connectivity index (χ1n) is 11.7. The van der Waals surface area contributed by atoms with Gasteiger partial charge < -0.3 is 4.57 Å². The molecule has 0 radical (unpaired) electrons. The quantitative estimate of drug-likeness (QED) is 0.317. The molecule has 0 bridgehead atoms. The van der Waals surface area contributed by atoms with E-state index in [-0.39, 0.29) is 10.8 Å². The van der Waals surface area contributed by atoms with Crippen LogP contribution in [0.3, 0.4) is 0 Å². The predicted octanol–water partition coefficient (Wildman–Crippen LogP) is 8.89. The summed E-state index contributed by atoms with van der Waals surface area (Å²) in [7, 11) is 0. The lowest BCUT2D eigenvalue weighted by Gasteiger charge is -2.19. The van der Waals surface area contributed by atoms with E-state index in [1.807, 2.05) is 0 Å². The van der Waals surface area contributed by atoms with Gasteiger partial charge in [-0.15, -0.1) is 0 Å². The number of fused-ring (bicyclic) bond motifs is 3. The zero-order valence-electron chi connectivity index (χ0n) is 20.5. The molecule has 31 heavy (non-hydrogen) atoms. The van der Waals surface area contributed by atoms with Crippen molar-refractivity contribution in [2.45, 2.75) is 78.6 Å². The fraction of sp³-hybridized carbons (Fsp3) is 0.400. The molecule has 0 fully saturated rings. The number of benzene rings is 3. The molecule has 0 spiro atoms. The molecule has 1 aromatic heterocycles. The highest BCUT2D eigenvalue weighted by atomic mass is 15.0. The third kappa shape index (κ3) is 3.91. The van der Waals surface area contributed by atoms with E-state index in [0.29, 0.717) is 5.92 Å². The lowest BCUT2D eigenvalue weighted by Crippen LogP contribution is -2.10. The van der Waals surface area contributed by atoms with E-state index in [0.717, 1.165) is 0 Å². The maximum atomic E-state index is 2.43. The van der Waals surface area contributed by atoms with Crippen LogP contribution in [0.5, 0.6) is 0 Å². The molecule has 3 aromatic carbocycles. The highest BCUT2D eigenvalue weighted by Crippen LogP contribution is 2.37. The molecule has 0 aliphatic carbocycles. The largest absolute Gasteiger partial charge is 0.309 e. The summed E-state index contributed by atoms with van der Waals surface area (Å²) in [4.78, 5) is 0. The van der Waals surface area contributed by atoms with Gasteiger partial charge in [-0.2, -0.15) is 0 Å². The van der Waals surface area contributed by atoms with Crippen molar-refractivity contribution in [3.63, 3.8) is 0 Å². The molecule has 0 N–H and O–H groups in total. The summed E-state index contributed by atoms with van der Waals surface area (Å²) < 4.78 is 2.43. The second kappa shape index (κ2) is 7.55. The SMILES string of the molecule is CCC(C)c1ccc(-n2c3ccc(C(C)(C)C)cc3c3cc(C(C)(C)C)ccc32)cc1. The van der Waals surface area contributed by atoms with Crippen LogP contribution in [-0.2, 0) is 10.8 Å². The van der Waals surface area contributed by atoms with Crippen molar-refractivity contribution < 1.29 is 0 Å². The van der Waals surface area contributed by atoms with Crippen molar-refractivity contribution in [2.75, 3.05) is 0 Å². The Balaban J connectivity index is 2.02. The molecule has 1 heterocycles. The van der Waals surface area contributed by atoms with Crippen molar-refractivity contribution in [2.24, 2.45) is 0 Å². The van der Waals surface area contributed by atoms with Crippen molar-refractivity contribution in [1.29, 1.82) is 0 Å². The van der Waals surface area contributed by atoms with Gasteiger partial charge >= 0.3 is 0 Å². The molecule has 1 nitrogen and oxygen atoms in total. The van der Waals surface area contributed by atoms with Gasteiger partial charge in [0.15, 0.2) is 0 Å². The van der Waals surface area contributed by atoms with E-state index in [1.165, 1.54) is 50.6 Å². The first kappa shape index (κ1) is 21.7. The van der Waals surface area contributed by atoms with Crippen LogP contribution in [0, 0.1) is 0 Å². The van der Waals surface area contributed by atoms with Gasteiger partial charge in [-0.3, -0.25) is 0 Å². The van der Waals surface area contributed by atoms with Crippen LogP contribution in [0.2, 0.25) is 0 Å². The van der Waals surface area contributed by atoms with E-state index in [4.69, 9.17) is 0 Å². The summed E-state index contributed by atoms with van der Waals surface area (Å²) in [6.07, 6.45) is 1.17. The Hall–Kier alpha value is -2.54. The Bertz CT molecular complexity index is 1150. The van der Waals surface area contributed by atoms with Crippen molar-refractivity contribution in [3.05, 3.63) is 77.4 Å². The van der Waals surface area contributed by atoms with Crippen molar-refractivity contribution in [1.82, 2.24) is 4.57 Å². The molecular weight excluding hydrogens is 374 g/mol. The summed E-state index contributed by atoms with van der Waals surface area (Å²) in [5.74, 6) is 0.593. The average molecular weight is 412 g/mol. The summed E-state index contributed by atoms with van der Waals surface area (Å²) in [6, 6.07) is 23.2. The van der Waals surface area contributed by atoms with Gasteiger partial charge in [0.2, 0.25) is 0 Å². The van der Waals surface area contributed by atoms with Crippen molar-refractivity contribution >= 4 is 21.8 Å². The Labute approximate surface area is 188 Å². The van der Waals surface area contributed by atoms with E-state index in [2.05, 4.69) is 121 Å². The molecule has 1 heteroatoms. The first-order chi connectivity index (χ1) is 14.5. The molecular formula is C30H37N. The molecule has 4 aromatic rings. The van der Waals surface area contributed by atoms with Gasteiger partial charge in [-0.1, -0.05) is 79.7 Å². The van der Waals surface area contributed by atoms with Gasteiger partial charge in [0.25, 0.3) is 0 Å². The summed E-state index contributed by atoms with van der Waals surface area (Å²) in [6.45, 7) is 18.3. The highest BCUT2D eigenvalue weighted by Gasteiger charge is 2.20. The fourth-order valence-corrected chi connectivity index (χ4v) is 4.42. The molecule has 0 amide bonds. The van der Waals surface area contributed by atoms with E-state index in [9.17, 15) is 0 Å². The molecule has 162 valence electrons. The molecule has 4 rings (SSSR count). The minimum atomic E-state index is 0.127. The van der Waals surface area contributed by atoms with Crippen LogP contribution in [0.4, 0.5) is 0 Å². The predicted molar refractivity (Wildman–Crippen MR) is 137 cm³/mol. The maximum absolute atomic E-state index is 2.43. The lowest BCUT2D eigenvalue weighted by atomic mass is 9.85. The minimum Gasteiger partial charge on any atom is -0.309 e. The fourth-order valence-electron chi connectivity index (χ4n) is 4.42. The third-order valence-corrected chi connectivity index (χ3v) is 6.83. The number of nitrogens with zero attached hydrogens (tertiary/aromatic N) is 1. The first-order valence-corrected chi connectivity index (χ1v) is 11.7. The van der Waals surface area contributed by atoms with Gasteiger partial charge in [-0.25, -0.2) is 0 Å². The van der Waals surface area contributed by atoms with Crippen LogP contribution in [-0.4, -0.2) is 4.57 Å². The normalized spacial score (nSPS) is 13.8. The maximum Gasteiger partial charge on any atom is 0.0541 e. The van der Waals surface area contributed by atoms with Crippen LogP contribution < -0.4 is 0 Å². The number of aromatic nitrogens is 1. The zero-order valence-corrected chi connectivity index (χ0v) is 20.5. The Morgan fingerprint density at radius 1 is 0.677 bits per heavy atom. The average Bonchev–Trinajstić information content (AvgIpc) is 3.05. The number of hydrogen-bond acceptors (Lipinski definition) is 0. The van der Waals surface area contributed by atoms with Crippen LogP contribution in [0.25, 0.3) is 27.5 Å². The second-order valence-corrected chi connectivity index (χ2v) is 11.2. The minimum absolute atomic E-state index is 0.127. The summed E-state index contributed by atoms with van der Waals surface area (Å²) in [5, 5.41) is 2.69. The van der Waals surface area contributed by atoms with Crippen LogP contribution in [0.1, 0.15) is 84.4 Å². The van der Waals surface area contributed by atoms with Gasteiger partial charge in [0, 0.05) is 16.5 Å². The molecule has 0 aliphatic heterocycles. The summed E-state index contributed by atoms with van der Waals surface area (Å²) >= 11 is 0. The Morgan fingerprint density at radius 3 is 1.52 bits per heavy atom.